The number of nitrogens with zero attached hydrogens (tertiary/aromatic N) is 1. The van der Waals surface area contributed by atoms with Gasteiger partial charge in [0, 0.05) is 19.3 Å². The monoisotopic (exact) mass is 730 g/mol. The first-order chi connectivity index (χ1) is 25.1. The van der Waals surface area contributed by atoms with E-state index in [4.69, 9.17) is 14.2 Å². The van der Waals surface area contributed by atoms with E-state index >= 15 is 0 Å². The Bertz CT molecular complexity index is 1040. The third kappa shape index (κ3) is 32.9. The molecule has 0 heterocycles. The van der Waals surface area contributed by atoms with Crippen molar-refractivity contribution in [1.29, 1.82) is 0 Å². The maximum absolute atomic E-state index is 12.6. The standard InChI is InChI=1S/C44H75NO7/c1-6-8-10-12-14-16-18-20-21-22-23-25-27-29-31-33-35-43(47)52-40(38-50-37-36-41(44(48)49)45(3,4)5)39-51-42(46)34-32-30-28-26-24-19-17-15-13-11-9-7-2/h8,10,14,16,20-21,23,25,29,31,40-41H,6-7,9,11-13,15,17-19,22,24,26-28,30,32-39H2,1-5H3/b10-8+,16-14+,21-20+,25-23+,31-29+. The summed E-state index contributed by atoms with van der Waals surface area (Å²) in [7, 11) is 5.37. The maximum Gasteiger partial charge on any atom is 0.306 e. The Morgan fingerprint density at radius 3 is 1.56 bits per heavy atom. The van der Waals surface area contributed by atoms with Gasteiger partial charge < -0.3 is 28.6 Å². The number of hydrogen-bond acceptors (Lipinski definition) is 7. The van der Waals surface area contributed by atoms with Crippen LogP contribution in [0.2, 0.25) is 0 Å². The lowest BCUT2D eigenvalue weighted by atomic mass is 10.0. The number of carboxylic acid groups (broad SMARTS) is 1. The summed E-state index contributed by atoms with van der Waals surface area (Å²) in [4.78, 5) is 36.7. The molecule has 52 heavy (non-hydrogen) atoms. The summed E-state index contributed by atoms with van der Waals surface area (Å²) in [6.07, 6.45) is 41.1. The number of aliphatic carboxylic acids is 1. The minimum Gasteiger partial charge on any atom is -0.544 e. The Morgan fingerprint density at radius 2 is 1.08 bits per heavy atom. The van der Waals surface area contributed by atoms with E-state index in [1.165, 1.54) is 57.8 Å². The minimum atomic E-state index is -1.14. The predicted molar refractivity (Wildman–Crippen MR) is 212 cm³/mol. The predicted octanol–water partition coefficient (Wildman–Crippen LogP) is 9.30. The van der Waals surface area contributed by atoms with Gasteiger partial charge in [0.1, 0.15) is 12.6 Å². The highest BCUT2D eigenvalue weighted by Crippen LogP contribution is 2.13. The third-order valence-electron chi connectivity index (χ3n) is 8.68. The van der Waals surface area contributed by atoms with E-state index < -0.39 is 24.1 Å². The molecule has 0 radical (unpaired) electrons. The van der Waals surface area contributed by atoms with E-state index in [1.54, 1.807) is 21.1 Å². The molecule has 0 aromatic heterocycles. The van der Waals surface area contributed by atoms with Crippen molar-refractivity contribution in [3.05, 3.63) is 60.8 Å². The zero-order chi connectivity index (χ0) is 38.5. The Kier molecular flexibility index (Phi) is 33.1. The van der Waals surface area contributed by atoms with Crippen LogP contribution in [0.5, 0.6) is 0 Å². The molecule has 2 unspecified atom stereocenters. The fraction of sp³-hybridized carbons (Fsp3) is 0.705. The normalized spacial score (nSPS) is 13.6. The molecule has 0 aliphatic heterocycles. The highest BCUT2D eigenvalue weighted by atomic mass is 16.6. The molecule has 0 aliphatic carbocycles. The smallest absolute Gasteiger partial charge is 0.306 e. The number of carbonyl (C=O) groups is 3. The van der Waals surface area contributed by atoms with Gasteiger partial charge in [-0.2, -0.15) is 0 Å². The number of likely N-dealkylation sites (N-methyl/N-ethyl adjacent to an activating group) is 1. The first kappa shape index (κ1) is 49.0. The van der Waals surface area contributed by atoms with Crippen molar-refractivity contribution in [2.75, 3.05) is 41.0 Å². The second kappa shape index (κ2) is 35.1. The van der Waals surface area contributed by atoms with Crippen LogP contribution in [-0.2, 0) is 28.6 Å². The second-order valence-corrected chi connectivity index (χ2v) is 14.5. The Morgan fingerprint density at radius 1 is 0.596 bits per heavy atom. The molecule has 0 aliphatic rings. The van der Waals surface area contributed by atoms with Crippen LogP contribution in [0.15, 0.2) is 60.8 Å². The second-order valence-electron chi connectivity index (χ2n) is 14.5. The number of ether oxygens (including phenoxy) is 3. The van der Waals surface area contributed by atoms with Gasteiger partial charge >= 0.3 is 11.9 Å². The molecule has 0 saturated heterocycles. The summed E-state index contributed by atoms with van der Waals surface area (Å²) >= 11 is 0. The van der Waals surface area contributed by atoms with Crippen LogP contribution in [0.25, 0.3) is 0 Å². The molecule has 0 amide bonds. The summed E-state index contributed by atoms with van der Waals surface area (Å²) in [6, 6.07) is -0.738. The van der Waals surface area contributed by atoms with Gasteiger partial charge in [0.25, 0.3) is 0 Å². The number of carbonyl (C=O) groups excluding carboxylic acids is 3. The van der Waals surface area contributed by atoms with Crippen LogP contribution < -0.4 is 5.11 Å². The molecule has 0 saturated carbocycles. The number of unbranched alkanes of at least 4 members (excludes halogenated alkanes) is 11. The Labute approximate surface area is 318 Å². The molecule has 0 N–H and O–H groups in total. The first-order valence-corrected chi connectivity index (χ1v) is 20.3. The topological polar surface area (TPSA) is 102 Å². The lowest BCUT2D eigenvalue weighted by Crippen LogP contribution is -2.55. The fourth-order valence-corrected chi connectivity index (χ4v) is 5.53. The number of rotatable bonds is 35. The van der Waals surface area contributed by atoms with Gasteiger partial charge in [0.15, 0.2) is 6.10 Å². The number of allylic oxidation sites excluding steroid dienone is 10. The molecule has 8 nitrogen and oxygen atoms in total. The largest absolute Gasteiger partial charge is 0.544 e. The molecular formula is C44H75NO7. The highest BCUT2D eigenvalue weighted by Gasteiger charge is 2.25. The van der Waals surface area contributed by atoms with Gasteiger partial charge in [-0.3, -0.25) is 9.59 Å². The Balaban J connectivity index is 4.53. The van der Waals surface area contributed by atoms with Crippen molar-refractivity contribution in [2.24, 2.45) is 0 Å². The molecule has 2 atom stereocenters. The van der Waals surface area contributed by atoms with Crippen LogP contribution in [0.3, 0.4) is 0 Å². The summed E-state index contributed by atoms with van der Waals surface area (Å²) in [5.41, 5.74) is 0. The van der Waals surface area contributed by atoms with Crippen LogP contribution >= 0.6 is 0 Å². The van der Waals surface area contributed by atoms with Gasteiger partial charge in [-0.05, 0) is 44.9 Å². The average Bonchev–Trinajstić information content (AvgIpc) is 3.09. The SMILES string of the molecule is CC/C=C/C/C=C/C/C=C/C/C=C/C/C=C/CCC(=O)OC(COCCC(C(=O)[O-])[N+](C)(C)C)COC(=O)CCCCCCCCCCCCCC. The van der Waals surface area contributed by atoms with Crippen LogP contribution in [0.4, 0.5) is 0 Å². The zero-order valence-corrected chi connectivity index (χ0v) is 33.7. The van der Waals surface area contributed by atoms with Crippen molar-refractivity contribution < 1.29 is 38.2 Å². The maximum atomic E-state index is 12.6. The zero-order valence-electron chi connectivity index (χ0n) is 33.7. The summed E-state index contributed by atoms with van der Waals surface area (Å²) < 4.78 is 17.0. The van der Waals surface area contributed by atoms with E-state index in [0.29, 0.717) is 12.8 Å². The van der Waals surface area contributed by atoms with Crippen molar-refractivity contribution in [1.82, 2.24) is 0 Å². The van der Waals surface area contributed by atoms with Crippen LogP contribution in [0, 0.1) is 0 Å². The van der Waals surface area contributed by atoms with E-state index in [9.17, 15) is 19.5 Å². The first-order valence-electron chi connectivity index (χ1n) is 20.3. The molecule has 0 spiro atoms. The average molecular weight is 730 g/mol. The number of carboxylic acids is 1. The quantitative estimate of drug-likeness (QED) is 0.0277. The van der Waals surface area contributed by atoms with Gasteiger partial charge in [-0.1, -0.05) is 145 Å². The molecule has 0 bridgehead atoms. The van der Waals surface area contributed by atoms with E-state index in [0.717, 1.165) is 51.4 Å². The van der Waals surface area contributed by atoms with Crippen molar-refractivity contribution >= 4 is 17.9 Å². The van der Waals surface area contributed by atoms with Crippen LogP contribution in [-0.4, -0.2) is 75.5 Å². The molecule has 0 aromatic rings. The lowest BCUT2D eigenvalue weighted by molar-refractivity contribution is -0.889. The third-order valence-corrected chi connectivity index (χ3v) is 8.68. The molecule has 0 rings (SSSR count). The van der Waals surface area contributed by atoms with E-state index in [1.807, 2.05) is 12.2 Å². The fourth-order valence-electron chi connectivity index (χ4n) is 5.53. The van der Waals surface area contributed by atoms with E-state index in [-0.39, 0.29) is 43.1 Å². The lowest BCUT2D eigenvalue weighted by Gasteiger charge is -2.34. The highest BCUT2D eigenvalue weighted by molar-refractivity contribution is 5.70. The van der Waals surface area contributed by atoms with Gasteiger partial charge in [0.05, 0.1) is 40.3 Å². The summed E-state index contributed by atoms with van der Waals surface area (Å²) in [5.74, 6) is -1.85. The molecule has 298 valence electrons. The molecule has 8 heteroatoms. The molecule has 0 fully saturated rings. The minimum absolute atomic E-state index is 0.0101. The number of quaternary nitrogens is 1. The summed E-state index contributed by atoms with van der Waals surface area (Å²) in [6.45, 7) is 4.45. The number of esters is 2. The number of hydrogen-bond donors (Lipinski definition) is 0. The van der Waals surface area contributed by atoms with Crippen molar-refractivity contribution in [2.45, 2.75) is 161 Å². The van der Waals surface area contributed by atoms with Gasteiger partial charge in [-0.25, -0.2) is 0 Å². The van der Waals surface area contributed by atoms with Gasteiger partial charge in [0.2, 0.25) is 0 Å². The van der Waals surface area contributed by atoms with Gasteiger partial charge in [-0.15, -0.1) is 0 Å². The Hall–Kier alpha value is -2.97. The van der Waals surface area contributed by atoms with Crippen LogP contribution in [0.1, 0.15) is 149 Å². The summed E-state index contributed by atoms with van der Waals surface area (Å²) in [5, 5.41) is 11.6. The van der Waals surface area contributed by atoms with Crippen molar-refractivity contribution in [3.63, 3.8) is 0 Å². The molecular weight excluding hydrogens is 654 g/mol. The van der Waals surface area contributed by atoms with E-state index in [2.05, 4.69) is 62.5 Å². The van der Waals surface area contributed by atoms with Crippen molar-refractivity contribution in [3.8, 4) is 0 Å². The molecule has 0 aromatic carbocycles.